The van der Waals surface area contributed by atoms with Gasteiger partial charge in [0.05, 0.1) is 0 Å². The molecule has 88 valence electrons. The van der Waals surface area contributed by atoms with E-state index < -0.39 is 5.91 Å². The number of nitriles is 1. The average Bonchev–Trinajstić information content (AvgIpc) is 2.33. The molecular formula is C12H12BrN3O. The van der Waals surface area contributed by atoms with Crippen LogP contribution in [0.3, 0.4) is 0 Å². The van der Waals surface area contributed by atoms with E-state index in [2.05, 4.69) is 26.6 Å². The SMILES string of the molecule is CCN/C=C(/C#N)C(=O)Nc1ccc(Br)cc1. The molecule has 1 aromatic rings. The zero-order valence-corrected chi connectivity index (χ0v) is 10.9. The third kappa shape index (κ3) is 4.29. The fourth-order valence-corrected chi connectivity index (χ4v) is 1.35. The number of halogens is 1. The number of rotatable bonds is 4. The molecule has 0 unspecified atom stereocenters. The smallest absolute Gasteiger partial charge is 0.267 e. The first-order valence-corrected chi connectivity index (χ1v) is 5.87. The van der Waals surface area contributed by atoms with Gasteiger partial charge in [0.1, 0.15) is 11.6 Å². The monoisotopic (exact) mass is 293 g/mol. The van der Waals surface area contributed by atoms with Gasteiger partial charge in [-0.3, -0.25) is 4.79 Å². The molecule has 0 saturated heterocycles. The predicted molar refractivity (Wildman–Crippen MR) is 70.1 cm³/mol. The highest BCUT2D eigenvalue weighted by atomic mass is 79.9. The van der Waals surface area contributed by atoms with Gasteiger partial charge in [0.25, 0.3) is 5.91 Å². The molecule has 1 amide bonds. The summed E-state index contributed by atoms with van der Waals surface area (Å²) in [6, 6.07) is 8.98. The van der Waals surface area contributed by atoms with Crippen molar-refractivity contribution in [3.63, 3.8) is 0 Å². The first-order chi connectivity index (χ1) is 8.17. The van der Waals surface area contributed by atoms with Crippen molar-refractivity contribution in [1.29, 1.82) is 5.26 Å². The van der Waals surface area contributed by atoms with Gasteiger partial charge in [-0.1, -0.05) is 15.9 Å². The molecular weight excluding hydrogens is 282 g/mol. The highest BCUT2D eigenvalue weighted by molar-refractivity contribution is 9.10. The number of carbonyl (C=O) groups is 1. The van der Waals surface area contributed by atoms with Crippen molar-refractivity contribution in [2.75, 3.05) is 11.9 Å². The van der Waals surface area contributed by atoms with Crippen LogP contribution >= 0.6 is 15.9 Å². The van der Waals surface area contributed by atoms with Crippen molar-refractivity contribution in [2.24, 2.45) is 0 Å². The lowest BCUT2D eigenvalue weighted by Crippen LogP contribution is -2.16. The lowest BCUT2D eigenvalue weighted by Gasteiger charge is -2.04. The Bertz CT molecular complexity index is 460. The van der Waals surface area contributed by atoms with E-state index in [0.717, 1.165) is 4.47 Å². The second-order valence-corrected chi connectivity index (χ2v) is 4.10. The minimum Gasteiger partial charge on any atom is -0.390 e. The Morgan fingerprint density at radius 2 is 2.12 bits per heavy atom. The lowest BCUT2D eigenvalue weighted by atomic mass is 10.2. The van der Waals surface area contributed by atoms with Crippen molar-refractivity contribution in [2.45, 2.75) is 6.92 Å². The highest BCUT2D eigenvalue weighted by Gasteiger charge is 2.08. The second-order valence-electron chi connectivity index (χ2n) is 3.19. The van der Waals surface area contributed by atoms with E-state index in [1.807, 2.05) is 25.1 Å². The summed E-state index contributed by atoms with van der Waals surface area (Å²) in [5.74, 6) is -0.421. The van der Waals surface area contributed by atoms with Gasteiger partial charge in [0.15, 0.2) is 0 Å². The Hall–Kier alpha value is -1.80. The predicted octanol–water partition coefficient (Wildman–Crippen LogP) is 2.40. The highest BCUT2D eigenvalue weighted by Crippen LogP contribution is 2.14. The molecule has 0 saturated carbocycles. The van der Waals surface area contributed by atoms with Crippen LogP contribution in [0.15, 0.2) is 40.5 Å². The first kappa shape index (κ1) is 13.3. The van der Waals surface area contributed by atoms with Crippen molar-refractivity contribution in [1.82, 2.24) is 5.32 Å². The number of nitrogens with zero attached hydrogens (tertiary/aromatic N) is 1. The minimum atomic E-state index is -0.421. The molecule has 4 nitrogen and oxygen atoms in total. The molecule has 5 heteroatoms. The number of amides is 1. The average molecular weight is 294 g/mol. The van der Waals surface area contributed by atoms with Crippen LogP contribution in [0.1, 0.15) is 6.92 Å². The Kier molecular flexibility index (Phi) is 5.24. The van der Waals surface area contributed by atoms with Crippen molar-refractivity contribution in [3.05, 3.63) is 40.5 Å². The molecule has 0 aliphatic carbocycles. The summed E-state index contributed by atoms with van der Waals surface area (Å²) >= 11 is 3.30. The van der Waals surface area contributed by atoms with Gasteiger partial charge in [0, 0.05) is 22.9 Å². The van der Waals surface area contributed by atoms with Gasteiger partial charge in [-0.15, -0.1) is 0 Å². The van der Waals surface area contributed by atoms with Crippen molar-refractivity contribution in [3.8, 4) is 6.07 Å². The number of hydrogen-bond donors (Lipinski definition) is 2. The summed E-state index contributed by atoms with van der Waals surface area (Å²) in [6.07, 6.45) is 1.41. The summed E-state index contributed by atoms with van der Waals surface area (Å²) in [5.41, 5.74) is 0.700. The first-order valence-electron chi connectivity index (χ1n) is 5.08. The van der Waals surface area contributed by atoms with E-state index in [9.17, 15) is 4.79 Å². The molecule has 1 rings (SSSR count). The van der Waals surface area contributed by atoms with Crippen LogP contribution in [-0.2, 0) is 4.79 Å². The standard InChI is InChI=1S/C12H12BrN3O/c1-2-15-8-9(7-14)12(17)16-11-5-3-10(13)4-6-11/h3-6,8,15H,2H2,1H3,(H,16,17)/b9-8-. The Balaban J connectivity index is 2.71. The molecule has 0 aliphatic rings. The number of benzene rings is 1. The number of nitrogens with one attached hydrogen (secondary N) is 2. The third-order valence-corrected chi connectivity index (χ3v) is 2.45. The maximum absolute atomic E-state index is 11.7. The topological polar surface area (TPSA) is 64.9 Å². The molecule has 0 aliphatic heterocycles. The largest absolute Gasteiger partial charge is 0.390 e. The zero-order valence-electron chi connectivity index (χ0n) is 9.33. The second kappa shape index (κ2) is 6.71. The molecule has 0 aromatic heterocycles. The fourth-order valence-electron chi connectivity index (χ4n) is 1.08. The van der Waals surface area contributed by atoms with Gasteiger partial charge in [-0.25, -0.2) is 0 Å². The number of hydrogen-bond acceptors (Lipinski definition) is 3. The van der Waals surface area contributed by atoms with Crippen molar-refractivity contribution >= 4 is 27.5 Å². The van der Waals surface area contributed by atoms with E-state index in [4.69, 9.17) is 5.26 Å². The quantitative estimate of drug-likeness (QED) is 0.662. The Morgan fingerprint density at radius 3 is 2.65 bits per heavy atom. The number of carbonyl (C=O) groups excluding carboxylic acids is 1. The zero-order chi connectivity index (χ0) is 12.7. The molecule has 17 heavy (non-hydrogen) atoms. The van der Waals surface area contributed by atoms with Gasteiger partial charge >= 0.3 is 0 Å². The van der Waals surface area contributed by atoms with E-state index >= 15 is 0 Å². The molecule has 0 bridgehead atoms. The van der Waals surface area contributed by atoms with Crippen molar-refractivity contribution < 1.29 is 4.79 Å². The van der Waals surface area contributed by atoms with Crippen LogP contribution in [0.5, 0.6) is 0 Å². The third-order valence-electron chi connectivity index (χ3n) is 1.92. The summed E-state index contributed by atoms with van der Waals surface area (Å²) in [6.45, 7) is 2.55. The molecule has 2 N–H and O–H groups in total. The minimum absolute atomic E-state index is 0.0507. The molecule has 0 heterocycles. The van der Waals surface area contributed by atoms with Crippen LogP contribution in [0.4, 0.5) is 5.69 Å². The van der Waals surface area contributed by atoms with E-state index in [1.54, 1.807) is 12.1 Å². The molecule has 0 atom stereocenters. The van der Waals surface area contributed by atoms with Gasteiger partial charge in [0.2, 0.25) is 0 Å². The van der Waals surface area contributed by atoms with Gasteiger partial charge in [-0.05, 0) is 31.2 Å². The molecule has 0 fully saturated rings. The van der Waals surface area contributed by atoms with E-state index in [0.29, 0.717) is 12.2 Å². The Labute approximate surface area is 108 Å². The van der Waals surface area contributed by atoms with E-state index in [1.165, 1.54) is 6.20 Å². The fraction of sp³-hybridized carbons (Fsp3) is 0.167. The van der Waals surface area contributed by atoms with Gasteiger partial charge < -0.3 is 10.6 Å². The Morgan fingerprint density at radius 1 is 1.47 bits per heavy atom. The van der Waals surface area contributed by atoms with Gasteiger partial charge in [-0.2, -0.15) is 5.26 Å². The normalized spacial score (nSPS) is 10.5. The molecule has 0 spiro atoms. The van der Waals surface area contributed by atoms with Crippen LogP contribution < -0.4 is 10.6 Å². The van der Waals surface area contributed by atoms with Crippen LogP contribution in [-0.4, -0.2) is 12.5 Å². The van der Waals surface area contributed by atoms with Crippen LogP contribution in [0.25, 0.3) is 0 Å². The summed E-state index contributed by atoms with van der Waals surface area (Å²) in [5, 5.41) is 14.3. The summed E-state index contributed by atoms with van der Waals surface area (Å²) < 4.78 is 0.930. The van der Waals surface area contributed by atoms with E-state index in [-0.39, 0.29) is 5.57 Å². The molecule has 1 aromatic carbocycles. The number of anilines is 1. The summed E-state index contributed by atoms with van der Waals surface area (Å²) in [4.78, 5) is 11.7. The van der Waals surface area contributed by atoms with Crippen LogP contribution in [0, 0.1) is 11.3 Å². The maximum atomic E-state index is 11.7. The van der Waals surface area contributed by atoms with Crippen LogP contribution in [0.2, 0.25) is 0 Å². The molecule has 0 radical (unpaired) electrons. The maximum Gasteiger partial charge on any atom is 0.267 e. The summed E-state index contributed by atoms with van der Waals surface area (Å²) in [7, 11) is 0. The lowest BCUT2D eigenvalue weighted by molar-refractivity contribution is -0.112.